The van der Waals surface area contributed by atoms with Gasteiger partial charge in [-0.25, -0.2) is 4.39 Å². The summed E-state index contributed by atoms with van der Waals surface area (Å²) in [5.41, 5.74) is 2.71. The quantitative estimate of drug-likeness (QED) is 0.643. The number of hydrogen-bond donors (Lipinski definition) is 0. The first-order chi connectivity index (χ1) is 10.7. The topological polar surface area (TPSA) is 16.4 Å². The highest BCUT2D eigenvalue weighted by molar-refractivity contribution is 5.85. The van der Waals surface area contributed by atoms with Crippen LogP contribution in [0.15, 0.2) is 65.3 Å². The number of fused-ring (bicyclic) bond motifs is 1. The first-order valence-electron chi connectivity index (χ1n) is 7.29. The van der Waals surface area contributed by atoms with Crippen molar-refractivity contribution in [1.29, 1.82) is 0 Å². The second-order valence-electron chi connectivity index (χ2n) is 5.38. The molecule has 0 fully saturated rings. The van der Waals surface area contributed by atoms with Crippen molar-refractivity contribution in [3.8, 4) is 0 Å². The molecule has 4 heteroatoms. The zero-order valence-electron chi connectivity index (χ0n) is 12.9. The van der Waals surface area contributed by atoms with Gasteiger partial charge in [0.1, 0.15) is 11.4 Å². The van der Waals surface area contributed by atoms with Crippen LogP contribution in [0.3, 0.4) is 0 Å². The van der Waals surface area contributed by atoms with Gasteiger partial charge in [0.15, 0.2) is 0 Å². The fraction of sp³-hybridized carbons (Fsp3) is 0.158. The Kier molecular flexibility index (Phi) is 5.97. The maximum Gasteiger partial charge on any atom is 0.138 e. The summed E-state index contributed by atoms with van der Waals surface area (Å²) in [6.07, 6.45) is 5.51. The van der Waals surface area contributed by atoms with Gasteiger partial charge in [-0.2, -0.15) is 0 Å². The van der Waals surface area contributed by atoms with Crippen LogP contribution in [-0.2, 0) is 6.54 Å². The summed E-state index contributed by atoms with van der Waals surface area (Å²) in [6.45, 7) is 1.53. The van der Waals surface area contributed by atoms with Crippen molar-refractivity contribution in [3.05, 3.63) is 77.8 Å². The highest BCUT2D eigenvalue weighted by Gasteiger charge is 2.06. The lowest BCUT2D eigenvalue weighted by molar-refractivity contribution is 0.363. The normalized spacial score (nSPS) is 11.3. The summed E-state index contributed by atoms with van der Waals surface area (Å²) in [4.78, 5) is 2.16. The smallest absolute Gasteiger partial charge is 0.138 e. The Balaban J connectivity index is 0.00000192. The van der Waals surface area contributed by atoms with E-state index in [0.717, 1.165) is 29.6 Å². The van der Waals surface area contributed by atoms with Crippen LogP contribution >= 0.6 is 12.4 Å². The molecule has 0 radical (unpaired) electrons. The molecule has 3 rings (SSSR count). The first kappa shape index (κ1) is 17.3. The second-order valence-corrected chi connectivity index (χ2v) is 5.38. The van der Waals surface area contributed by atoms with E-state index in [4.69, 9.17) is 4.42 Å². The third kappa shape index (κ3) is 4.21. The minimum Gasteiger partial charge on any atom is -0.464 e. The molecule has 0 amide bonds. The minimum absolute atomic E-state index is 0. The van der Waals surface area contributed by atoms with Gasteiger partial charge in [0.2, 0.25) is 0 Å². The molecule has 0 atom stereocenters. The van der Waals surface area contributed by atoms with Crippen LogP contribution in [0.1, 0.15) is 11.1 Å². The zero-order valence-corrected chi connectivity index (χ0v) is 13.7. The Morgan fingerprint density at radius 3 is 2.74 bits per heavy atom. The van der Waals surface area contributed by atoms with Crippen LogP contribution in [0.5, 0.6) is 0 Å². The van der Waals surface area contributed by atoms with Gasteiger partial charge in [-0.15, -0.1) is 12.4 Å². The fourth-order valence-corrected chi connectivity index (χ4v) is 2.50. The molecule has 0 unspecified atom stereocenters. The third-order valence-electron chi connectivity index (χ3n) is 3.62. The van der Waals surface area contributed by atoms with Gasteiger partial charge in [-0.3, -0.25) is 4.90 Å². The molecule has 0 bridgehead atoms. The van der Waals surface area contributed by atoms with Crippen molar-refractivity contribution in [3.63, 3.8) is 0 Å². The number of rotatable bonds is 5. The monoisotopic (exact) mass is 331 g/mol. The lowest BCUT2D eigenvalue weighted by Crippen LogP contribution is -2.17. The van der Waals surface area contributed by atoms with E-state index in [0.29, 0.717) is 5.56 Å². The van der Waals surface area contributed by atoms with E-state index in [2.05, 4.69) is 11.0 Å². The summed E-state index contributed by atoms with van der Waals surface area (Å²) in [6, 6.07) is 14.9. The van der Waals surface area contributed by atoms with E-state index in [1.54, 1.807) is 18.4 Å². The predicted molar refractivity (Wildman–Crippen MR) is 95.2 cm³/mol. The summed E-state index contributed by atoms with van der Waals surface area (Å²) in [5.74, 6) is -0.193. The Morgan fingerprint density at radius 1 is 1.09 bits per heavy atom. The Morgan fingerprint density at radius 2 is 1.91 bits per heavy atom. The van der Waals surface area contributed by atoms with Crippen molar-refractivity contribution in [2.75, 3.05) is 13.6 Å². The number of furan rings is 1. The van der Waals surface area contributed by atoms with Crippen LogP contribution < -0.4 is 0 Å². The van der Waals surface area contributed by atoms with Gasteiger partial charge < -0.3 is 4.42 Å². The molecule has 3 aromatic rings. The summed E-state index contributed by atoms with van der Waals surface area (Å²) < 4.78 is 19.1. The zero-order chi connectivity index (χ0) is 15.4. The van der Waals surface area contributed by atoms with E-state index in [1.807, 2.05) is 43.5 Å². The van der Waals surface area contributed by atoms with E-state index < -0.39 is 0 Å². The number of para-hydroxylation sites is 1. The molecule has 0 N–H and O–H groups in total. The van der Waals surface area contributed by atoms with Crippen molar-refractivity contribution < 1.29 is 8.81 Å². The third-order valence-corrected chi connectivity index (χ3v) is 3.62. The molecule has 0 aliphatic carbocycles. The SMILES string of the molecule is CN(C/C=C/c1ccccc1F)Cc1cccc2ccoc12.Cl. The van der Waals surface area contributed by atoms with Crippen LogP contribution in [0.25, 0.3) is 17.0 Å². The average molecular weight is 332 g/mol. The molecule has 0 spiro atoms. The van der Waals surface area contributed by atoms with E-state index in [1.165, 1.54) is 6.07 Å². The Labute approximate surface area is 141 Å². The summed E-state index contributed by atoms with van der Waals surface area (Å²) >= 11 is 0. The van der Waals surface area contributed by atoms with Crippen molar-refractivity contribution in [1.82, 2.24) is 4.90 Å². The molecule has 0 saturated heterocycles. The van der Waals surface area contributed by atoms with Crippen LogP contribution in [-0.4, -0.2) is 18.5 Å². The molecular weight excluding hydrogens is 313 g/mol. The second kappa shape index (κ2) is 7.95. The average Bonchev–Trinajstić information content (AvgIpc) is 2.99. The van der Waals surface area contributed by atoms with Gasteiger partial charge in [0.05, 0.1) is 6.26 Å². The Hall–Kier alpha value is -2.10. The standard InChI is InChI=1S/C19H18FNO.ClH/c1-21(12-5-9-15-6-2-3-10-18(15)20)14-17-8-4-7-16-11-13-22-19(16)17;/h2-11,13H,12,14H2,1H3;1H/b9-5+;. The molecule has 0 saturated carbocycles. The fourth-order valence-electron chi connectivity index (χ4n) is 2.50. The van der Waals surface area contributed by atoms with Crippen molar-refractivity contribution in [2.45, 2.75) is 6.54 Å². The summed E-state index contributed by atoms with van der Waals surface area (Å²) in [7, 11) is 2.04. The van der Waals surface area contributed by atoms with Crippen molar-refractivity contribution >= 4 is 29.5 Å². The number of benzene rings is 2. The molecule has 2 aromatic carbocycles. The minimum atomic E-state index is -0.193. The van der Waals surface area contributed by atoms with E-state index in [9.17, 15) is 4.39 Å². The van der Waals surface area contributed by atoms with Gasteiger partial charge in [-0.1, -0.05) is 48.6 Å². The lowest BCUT2D eigenvalue weighted by Gasteiger charge is -2.14. The highest BCUT2D eigenvalue weighted by Crippen LogP contribution is 2.20. The number of halogens is 2. The molecule has 0 aliphatic rings. The first-order valence-corrected chi connectivity index (χ1v) is 7.29. The highest BCUT2D eigenvalue weighted by atomic mass is 35.5. The number of nitrogens with zero attached hydrogens (tertiary/aromatic N) is 1. The van der Waals surface area contributed by atoms with Crippen LogP contribution in [0.4, 0.5) is 4.39 Å². The van der Waals surface area contributed by atoms with E-state index >= 15 is 0 Å². The maximum atomic E-state index is 13.5. The van der Waals surface area contributed by atoms with Gasteiger partial charge in [0.25, 0.3) is 0 Å². The molecule has 0 aliphatic heterocycles. The molecule has 23 heavy (non-hydrogen) atoms. The molecule has 120 valence electrons. The van der Waals surface area contributed by atoms with Crippen LogP contribution in [0.2, 0.25) is 0 Å². The lowest BCUT2D eigenvalue weighted by atomic mass is 10.1. The molecule has 1 aromatic heterocycles. The van der Waals surface area contributed by atoms with Crippen molar-refractivity contribution in [2.24, 2.45) is 0 Å². The van der Waals surface area contributed by atoms with Gasteiger partial charge in [0, 0.05) is 29.6 Å². The Bertz CT molecular complexity index is 797. The summed E-state index contributed by atoms with van der Waals surface area (Å²) in [5, 5.41) is 1.12. The van der Waals surface area contributed by atoms with Gasteiger partial charge >= 0.3 is 0 Å². The molecule has 1 heterocycles. The molecule has 2 nitrogen and oxygen atoms in total. The molecular formula is C19H19ClFNO. The predicted octanol–water partition coefficient (Wildman–Crippen LogP) is 5.14. The van der Waals surface area contributed by atoms with Gasteiger partial charge in [-0.05, 0) is 19.2 Å². The van der Waals surface area contributed by atoms with E-state index in [-0.39, 0.29) is 18.2 Å². The van der Waals surface area contributed by atoms with Crippen LogP contribution in [0, 0.1) is 5.82 Å². The largest absolute Gasteiger partial charge is 0.464 e. The maximum absolute atomic E-state index is 13.5. The number of hydrogen-bond acceptors (Lipinski definition) is 2. The number of likely N-dealkylation sites (N-methyl/N-ethyl adjacent to an activating group) is 1.